The van der Waals surface area contributed by atoms with Crippen molar-refractivity contribution in [2.24, 2.45) is 5.92 Å². The fourth-order valence-electron chi connectivity index (χ4n) is 4.06. The van der Waals surface area contributed by atoms with Crippen molar-refractivity contribution in [3.8, 4) is 24.7 Å². The summed E-state index contributed by atoms with van der Waals surface area (Å²) in [7, 11) is 1.60. The molecule has 0 radical (unpaired) electrons. The smallest absolute Gasteiger partial charge is 0.227 e. The number of terminal acetylenes is 2. The molecule has 34 heavy (non-hydrogen) atoms. The van der Waals surface area contributed by atoms with E-state index in [1.165, 1.54) is 49.8 Å². The van der Waals surface area contributed by atoms with Gasteiger partial charge in [0, 0.05) is 45.3 Å². The van der Waals surface area contributed by atoms with Crippen LogP contribution < -0.4 is 0 Å². The second-order valence-electron chi connectivity index (χ2n) is 9.15. The van der Waals surface area contributed by atoms with E-state index in [1.807, 2.05) is 0 Å². The molecule has 1 atom stereocenters. The number of carbonyl (C=O) groups is 3. The van der Waals surface area contributed by atoms with E-state index in [0.717, 1.165) is 19.3 Å². The number of hydrogen-bond acceptors (Lipinski definition) is 4. The molecule has 0 aliphatic rings. The van der Waals surface area contributed by atoms with Gasteiger partial charge in [0.15, 0.2) is 0 Å². The van der Waals surface area contributed by atoms with Gasteiger partial charge in [-0.3, -0.25) is 14.4 Å². The maximum atomic E-state index is 13.0. The lowest BCUT2D eigenvalue weighted by atomic mass is 9.91. The molecule has 0 aromatic rings. The minimum Gasteiger partial charge on any atom is -0.385 e. The standard InChI is InChI=1S/C29H47NO4/c1-5-8-9-10-11-12-13-14-15-16-18-28(32)25-26(20-21-27(31)19-17-24-34-4)29(33)30(22-6-2)23-7-3/h2-3,26H,5,8-25H2,1,4H3/t26-/m0/s1. The molecule has 1 amide bonds. The van der Waals surface area contributed by atoms with Crippen LogP contribution in [-0.4, -0.2) is 49.2 Å². The van der Waals surface area contributed by atoms with Crippen LogP contribution in [0.5, 0.6) is 0 Å². The Hall–Kier alpha value is -2.11. The Morgan fingerprint density at radius 3 is 1.82 bits per heavy atom. The molecule has 0 bridgehead atoms. The summed E-state index contributed by atoms with van der Waals surface area (Å²) in [4.78, 5) is 39.3. The summed E-state index contributed by atoms with van der Waals surface area (Å²) >= 11 is 0. The molecule has 0 rings (SSSR count). The van der Waals surface area contributed by atoms with Gasteiger partial charge in [0.25, 0.3) is 0 Å². The van der Waals surface area contributed by atoms with E-state index in [-0.39, 0.29) is 43.4 Å². The Morgan fingerprint density at radius 2 is 1.29 bits per heavy atom. The highest BCUT2D eigenvalue weighted by Crippen LogP contribution is 2.19. The highest BCUT2D eigenvalue weighted by atomic mass is 16.5. The Morgan fingerprint density at radius 1 is 0.765 bits per heavy atom. The van der Waals surface area contributed by atoms with Gasteiger partial charge in [-0.15, -0.1) is 12.8 Å². The van der Waals surface area contributed by atoms with Crippen LogP contribution >= 0.6 is 0 Å². The van der Waals surface area contributed by atoms with Gasteiger partial charge < -0.3 is 9.64 Å². The number of hydrogen-bond donors (Lipinski definition) is 0. The van der Waals surface area contributed by atoms with Crippen LogP contribution in [-0.2, 0) is 19.1 Å². The molecular formula is C29H47NO4. The number of rotatable bonds is 23. The van der Waals surface area contributed by atoms with E-state index in [0.29, 0.717) is 32.3 Å². The number of methoxy groups -OCH3 is 1. The topological polar surface area (TPSA) is 63.7 Å². The lowest BCUT2D eigenvalue weighted by molar-refractivity contribution is -0.137. The van der Waals surface area contributed by atoms with Crippen LogP contribution in [0.15, 0.2) is 0 Å². The third-order valence-electron chi connectivity index (χ3n) is 6.08. The zero-order chi connectivity index (χ0) is 25.4. The monoisotopic (exact) mass is 473 g/mol. The van der Waals surface area contributed by atoms with Gasteiger partial charge in [0.1, 0.15) is 11.6 Å². The summed E-state index contributed by atoms with van der Waals surface area (Å²) < 4.78 is 4.99. The van der Waals surface area contributed by atoms with Crippen LogP contribution in [0.3, 0.4) is 0 Å². The minimum atomic E-state index is -0.552. The molecule has 0 aliphatic carbocycles. The molecule has 0 saturated carbocycles. The fraction of sp³-hybridized carbons (Fsp3) is 0.759. The first-order chi connectivity index (χ1) is 16.5. The second-order valence-corrected chi connectivity index (χ2v) is 9.15. The van der Waals surface area contributed by atoms with Crippen LogP contribution in [0.25, 0.3) is 0 Å². The van der Waals surface area contributed by atoms with E-state index < -0.39 is 5.92 Å². The molecule has 0 saturated heterocycles. The predicted octanol–water partition coefficient (Wildman–Crippen LogP) is 5.74. The number of nitrogens with zero attached hydrogens (tertiary/aromatic N) is 1. The average Bonchev–Trinajstić information content (AvgIpc) is 2.82. The van der Waals surface area contributed by atoms with Crippen molar-refractivity contribution >= 4 is 17.5 Å². The Bertz CT molecular complexity index is 627. The highest BCUT2D eigenvalue weighted by Gasteiger charge is 2.26. The fourth-order valence-corrected chi connectivity index (χ4v) is 4.06. The van der Waals surface area contributed by atoms with Gasteiger partial charge in [0.05, 0.1) is 13.1 Å². The summed E-state index contributed by atoms with van der Waals surface area (Å²) in [6.45, 7) is 2.97. The summed E-state index contributed by atoms with van der Waals surface area (Å²) in [6.07, 6.45) is 25.2. The van der Waals surface area contributed by atoms with Crippen LogP contribution in [0.4, 0.5) is 0 Å². The van der Waals surface area contributed by atoms with Gasteiger partial charge in [-0.2, -0.15) is 0 Å². The van der Waals surface area contributed by atoms with E-state index in [2.05, 4.69) is 18.8 Å². The number of ketones is 2. The lowest BCUT2D eigenvalue weighted by Crippen LogP contribution is -2.38. The summed E-state index contributed by atoms with van der Waals surface area (Å²) in [6, 6.07) is 0. The summed E-state index contributed by atoms with van der Waals surface area (Å²) in [5, 5.41) is 0. The van der Waals surface area contributed by atoms with Gasteiger partial charge in [-0.05, 0) is 19.3 Å². The number of Topliss-reactive ketones (excluding diaryl/α,β-unsaturated/α-hetero) is 2. The third-order valence-corrected chi connectivity index (χ3v) is 6.08. The first-order valence-corrected chi connectivity index (χ1v) is 13.2. The van der Waals surface area contributed by atoms with Crippen LogP contribution in [0.2, 0.25) is 0 Å². The Kier molecular flexibility index (Phi) is 21.3. The molecular weight excluding hydrogens is 426 g/mol. The molecule has 0 spiro atoms. The number of carbonyl (C=O) groups excluding carboxylic acids is 3. The molecule has 0 aliphatic heterocycles. The molecule has 0 heterocycles. The first-order valence-electron chi connectivity index (χ1n) is 13.2. The van der Waals surface area contributed by atoms with Gasteiger partial charge >= 0.3 is 0 Å². The zero-order valence-corrected chi connectivity index (χ0v) is 21.7. The molecule has 0 fully saturated rings. The molecule has 0 unspecified atom stereocenters. The third kappa shape index (κ3) is 17.4. The van der Waals surface area contributed by atoms with Gasteiger partial charge in [0.2, 0.25) is 5.91 Å². The quantitative estimate of drug-likeness (QED) is 0.140. The molecule has 0 aromatic heterocycles. The van der Waals surface area contributed by atoms with E-state index >= 15 is 0 Å². The molecule has 0 N–H and O–H groups in total. The van der Waals surface area contributed by atoms with Gasteiger partial charge in [-0.25, -0.2) is 0 Å². The van der Waals surface area contributed by atoms with E-state index in [4.69, 9.17) is 17.6 Å². The number of ether oxygens (including phenoxy) is 1. The Balaban J connectivity index is 4.54. The zero-order valence-electron chi connectivity index (χ0n) is 21.7. The van der Waals surface area contributed by atoms with Crippen molar-refractivity contribution in [3.05, 3.63) is 0 Å². The predicted molar refractivity (Wildman–Crippen MR) is 139 cm³/mol. The minimum absolute atomic E-state index is 0.0751. The molecule has 5 nitrogen and oxygen atoms in total. The lowest BCUT2D eigenvalue weighted by Gasteiger charge is -2.24. The molecule has 5 heteroatoms. The summed E-state index contributed by atoms with van der Waals surface area (Å²) in [5.41, 5.74) is 0. The highest BCUT2D eigenvalue weighted by molar-refractivity contribution is 5.88. The Labute approximate surface area is 208 Å². The van der Waals surface area contributed by atoms with Crippen molar-refractivity contribution in [1.29, 1.82) is 0 Å². The number of unbranched alkanes of at least 4 members (excludes halogenated alkanes) is 9. The first kappa shape index (κ1) is 31.9. The van der Waals surface area contributed by atoms with Crippen molar-refractivity contribution in [3.63, 3.8) is 0 Å². The molecule has 192 valence electrons. The summed E-state index contributed by atoms with van der Waals surface area (Å²) in [5.74, 6) is 4.29. The van der Waals surface area contributed by atoms with Crippen LogP contribution in [0, 0.1) is 30.6 Å². The maximum absolute atomic E-state index is 13.0. The SMILES string of the molecule is C#CCN(CC#C)C(=O)[C@@H](CCC(=O)CCCOC)CC(=O)CCCCCCCCCCCC. The molecule has 0 aromatic carbocycles. The van der Waals surface area contributed by atoms with Gasteiger partial charge in [-0.1, -0.05) is 76.6 Å². The average molecular weight is 474 g/mol. The van der Waals surface area contributed by atoms with Crippen molar-refractivity contribution in [2.75, 3.05) is 26.8 Å². The van der Waals surface area contributed by atoms with E-state index in [9.17, 15) is 14.4 Å². The van der Waals surface area contributed by atoms with E-state index in [1.54, 1.807) is 7.11 Å². The van der Waals surface area contributed by atoms with Crippen LogP contribution in [0.1, 0.15) is 110 Å². The normalized spacial score (nSPS) is 11.4. The number of amides is 1. The largest absolute Gasteiger partial charge is 0.385 e. The van der Waals surface area contributed by atoms with Crippen molar-refractivity contribution in [2.45, 2.75) is 110 Å². The second kappa shape index (κ2) is 22.7. The van der Waals surface area contributed by atoms with Crippen molar-refractivity contribution < 1.29 is 19.1 Å². The van der Waals surface area contributed by atoms with Crippen molar-refractivity contribution in [1.82, 2.24) is 4.90 Å². The maximum Gasteiger partial charge on any atom is 0.227 e.